The SMILES string of the molecule is CCC(=O)c1ccc(SCCOc2ccc(C)cc2C)cc1. The van der Waals surface area contributed by atoms with Crippen molar-refractivity contribution in [2.75, 3.05) is 12.4 Å². The van der Waals surface area contributed by atoms with Crippen molar-refractivity contribution in [1.29, 1.82) is 0 Å². The van der Waals surface area contributed by atoms with Crippen LogP contribution in [0.1, 0.15) is 34.8 Å². The second-order valence-electron chi connectivity index (χ2n) is 5.27. The van der Waals surface area contributed by atoms with Gasteiger partial charge in [0.2, 0.25) is 0 Å². The van der Waals surface area contributed by atoms with E-state index in [0.717, 1.165) is 22.0 Å². The molecule has 0 radical (unpaired) electrons. The van der Waals surface area contributed by atoms with Gasteiger partial charge in [0, 0.05) is 22.6 Å². The van der Waals surface area contributed by atoms with Crippen LogP contribution in [-0.4, -0.2) is 18.1 Å². The van der Waals surface area contributed by atoms with Crippen LogP contribution in [-0.2, 0) is 0 Å². The molecule has 2 rings (SSSR count). The fourth-order valence-electron chi connectivity index (χ4n) is 2.21. The Labute approximate surface area is 136 Å². The third kappa shape index (κ3) is 4.63. The fraction of sp³-hybridized carbons (Fsp3) is 0.316. The molecule has 0 fully saturated rings. The Balaban J connectivity index is 1.80. The zero-order chi connectivity index (χ0) is 15.9. The van der Waals surface area contributed by atoms with Gasteiger partial charge in [-0.25, -0.2) is 0 Å². The summed E-state index contributed by atoms with van der Waals surface area (Å²) in [6.07, 6.45) is 0.552. The predicted molar refractivity (Wildman–Crippen MR) is 93.2 cm³/mol. The minimum atomic E-state index is 0.190. The average molecular weight is 314 g/mol. The molecule has 0 aliphatic carbocycles. The van der Waals surface area contributed by atoms with Crippen LogP contribution in [0, 0.1) is 13.8 Å². The fourth-order valence-corrected chi connectivity index (χ4v) is 2.94. The van der Waals surface area contributed by atoms with Crippen molar-refractivity contribution in [2.45, 2.75) is 32.1 Å². The lowest BCUT2D eigenvalue weighted by molar-refractivity contribution is 0.0988. The second kappa shape index (κ2) is 8.04. The lowest BCUT2D eigenvalue weighted by Gasteiger charge is -2.09. The predicted octanol–water partition coefficient (Wildman–Crippen LogP) is 5.07. The topological polar surface area (TPSA) is 26.3 Å². The zero-order valence-corrected chi connectivity index (χ0v) is 14.2. The Morgan fingerprint density at radius 1 is 1.09 bits per heavy atom. The van der Waals surface area contributed by atoms with Gasteiger partial charge in [0.05, 0.1) is 6.61 Å². The van der Waals surface area contributed by atoms with Crippen molar-refractivity contribution in [2.24, 2.45) is 0 Å². The first-order valence-electron chi connectivity index (χ1n) is 7.56. The molecule has 2 aromatic carbocycles. The maximum Gasteiger partial charge on any atom is 0.162 e. The number of hydrogen-bond donors (Lipinski definition) is 0. The standard InChI is InChI=1S/C19H22O2S/c1-4-18(20)16-6-8-17(9-7-16)22-12-11-21-19-10-5-14(2)13-15(19)3/h5-10,13H,4,11-12H2,1-3H3. The van der Waals surface area contributed by atoms with Crippen LogP contribution in [0.15, 0.2) is 47.4 Å². The van der Waals surface area contributed by atoms with Crippen LogP contribution in [0.2, 0.25) is 0 Å². The van der Waals surface area contributed by atoms with E-state index in [1.807, 2.05) is 37.3 Å². The van der Waals surface area contributed by atoms with Gasteiger partial charge in [0.15, 0.2) is 5.78 Å². The van der Waals surface area contributed by atoms with Gasteiger partial charge in [-0.2, -0.15) is 0 Å². The van der Waals surface area contributed by atoms with Gasteiger partial charge in [-0.05, 0) is 37.6 Å². The molecule has 0 aliphatic rings. The summed E-state index contributed by atoms with van der Waals surface area (Å²) < 4.78 is 5.82. The monoisotopic (exact) mass is 314 g/mol. The molecule has 0 aromatic heterocycles. The summed E-state index contributed by atoms with van der Waals surface area (Å²) in [6.45, 7) is 6.71. The third-order valence-electron chi connectivity index (χ3n) is 3.44. The maximum atomic E-state index is 11.6. The Bertz CT molecular complexity index is 632. The third-order valence-corrected chi connectivity index (χ3v) is 4.41. The highest BCUT2D eigenvalue weighted by Gasteiger charge is 2.03. The molecule has 3 heteroatoms. The summed E-state index contributed by atoms with van der Waals surface area (Å²) in [6, 6.07) is 14.0. The molecule has 2 nitrogen and oxygen atoms in total. The first kappa shape index (κ1) is 16.6. The summed E-state index contributed by atoms with van der Waals surface area (Å²) in [5, 5.41) is 0. The molecule has 0 aliphatic heterocycles. The van der Waals surface area contributed by atoms with Crippen molar-refractivity contribution in [3.8, 4) is 5.75 Å². The first-order valence-corrected chi connectivity index (χ1v) is 8.55. The van der Waals surface area contributed by atoms with E-state index in [1.165, 1.54) is 11.1 Å². The molecule has 0 spiro atoms. The average Bonchev–Trinajstić information content (AvgIpc) is 2.53. The maximum absolute atomic E-state index is 11.6. The van der Waals surface area contributed by atoms with Crippen LogP contribution in [0.5, 0.6) is 5.75 Å². The number of benzene rings is 2. The molecular formula is C19H22O2S. The van der Waals surface area contributed by atoms with E-state index in [2.05, 4.69) is 26.0 Å². The van der Waals surface area contributed by atoms with Gasteiger partial charge in [-0.3, -0.25) is 4.79 Å². The largest absolute Gasteiger partial charge is 0.492 e. The summed E-state index contributed by atoms with van der Waals surface area (Å²) in [5.41, 5.74) is 3.21. The number of Topliss-reactive ketones (excluding diaryl/α,β-unsaturated/α-hetero) is 1. The highest BCUT2D eigenvalue weighted by atomic mass is 32.2. The van der Waals surface area contributed by atoms with E-state index in [1.54, 1.807) is 11.8 Å². The summed E-state index contributed by atoms with van der Waals surface area (Å²) in [5.74, 6) is 2.03. The molecule has 22 heavy (non-hydrogen) atoms. The van der Waals surface area contributed by atoms with E-state index in [0.29, 0.717) is 13.0 Å². The van der Waals surface area contributed by atoms with E-state index >= 15 is 0 Å². The minimum absolute atomic E-state index is 0.190. The molecule has 0 unspecified atom stereocenters. The van der Waals surface area contributed by atoms with Crippen molar-refractivity contribution in [1.82, 2.24) is 0 Å². The Hall–Kier alpha value is -1.74. The van der Waals surface area contributed by atoms with Crippen molar-refractivity contribution < 1.29 is 9.53 Å². The van der Waals surface area contributed by atoms with Crippen LogP contribution >= 0.6 is 11.8 Å². The number of rotatable bonds is 7. The number of hydrogen-bond acceptors (Lipinski definition) is 3. The number of ether oxygens (including phenoxy) is 1. The number of carbonyl (C=O) groups is 1. The molecular weight excluding hydrogens is 292 g/mol. The van der Waals surface area contributed by atoms with Gasteiger partial charge in [-0.15, -0.1) is 11.8 Å². The molecule has 116 valence electrons. The zero-order valence-electron chi connectivity index (χ0n) is 13.4. The molecule has 0 saturated heterocycles. The Kier molecular flexibility index (Phi) is 6.08. The lowest BCUT2D eigenvalue weighted by atomic mass is 10.1. The van der Waals surface area contributed by atoms with E-state index < -0.39 is 0 Å². The van der Waals surface area contributed by atoms with Gasteiger partial charge < -0.3 is 4.74 Å². The Morgan fingerprint density at radius 2 is 1.82 bits per heavy atom. The van der Waals surface area contributed by atoms with Crippen LogP contribution < -0.4 is 4.74 Å². The lowest BCUT2D eigenvalue weighted by Crippen LogP contribution is -2.01. The van der Waals surface area contributed by atoms with Gasteiger partial charge >= 0.3 is 0 Å². The van der Waals surface area contributed by atoms with Gasteiger partial charge in [0.1, 0.15) is 5.75 Å². The summed E-state index contributed by atoms with van der Waals surface area (Å²) in [4.78, 5) is 12.7. The molecule has 0 amide bonds. The smallest absolute Gasteiger partial charge is 0.162 e. The molecule has 2 aromatic rings. The first-order chi connectivity index (χ1) is 10.6. The number of aryl methyl sites for hydroxylation is 2. The Morgan fingerprint density at radius 3 is 2.45 bits per heavy atom. The van der Waals surface area contributed by atoms with Gasteiger partial charge in [0.25, 0.3) is 0 Å². The second-order valence-corrected chi connectivity index (χ2v) is 6.44. The van der Waals surface area contributed by atoms with Crippen LogP contribution in [0.4, 0.5) is 0 Å². The number of thioether (sulfide) groups is 1. The molecule has 0 N–H and O–H groups in total. The molecule has 0 bridgehead atoms. The highest BCUT2D eigenvalue weighted by Crippen LogP contribution is 2.21. The van der Waals surface area contributed by atoms with Crippen molar-refractivity contribution in [3.63, 3.8) is 0 Å². The highest BCUT2D eigenvalue weighted by molar-refractivity contribution is 7.99. The van der Waals surface area contributed by atoms with Crippen molar-refractivity contribution >= 4 is 17.5 Å². The molecule has 0 saturated carbocycles. The van der Waals surface area contributed by atoms with Gasteiger partial charge in [-0.1, -0.05) is 36.8 Å². The van der Waals surface area contributed by atoms with Crippen LogP contribution in [0.3, 0.4) is 0 Å². The minimum Gasteiger partial charge on any atom is -0.492 e. The normalized spacial score (nSPS) is 10.5. The molecule has 0 atom stereocenters. The molecule has 0 heterocycles. The quantitative estimate of drug-likeness (QED) is 0.405. The van der Waals surface area contributed by atoms with Crippen molar-refractivity contribution in [3.05, 3.63) is 59.2 Å². The van der Waals surface area contributed by atoms with Crippen LogP contribution in [0.25, 0.3) is 0 Å². The summed E-state index contributed by atoms with van der Waals surface area (Å²) >= 11 is 1.74. The van der Waals surface area contributed by atoms with E-state index in [-0.39, 0.29) is 5.78 Å². The number of carbonyl (C=O) groups excluding carboxylic acids is 1. The summed E-state index contributed by atoms with van der Waals surface area (Å²) in [7, 11) is 0. The van der Waals surface area contributed by atoms with E-state index in [9.17, 15) is 4.79 Å². The van der Waals surface area contributed by atoms with E-state index in [4.69, 9.17) is 4.74 Å². The number of ketones is 1.